The molecule has 7 heteroatoms. The molecule has 0 saturated carbocycles. The quantitative estimate of drug-likeness (QED) is 0.692. The molecule has 1 rings (SSSR count). The summed E-state index contributed by atoms with van der Waals surface area (Å²) in [6, 6.07) is -1.01. The number of rotatable bonds is 1. The van der Waals surface area contributed by atoms with Gasteiger partial charge in [-0.25, -0.2) is 14.0 Å². The molecule has 0 spiro atoms. The molecule has 2 atom stereocenters. The zero-order valence-corrected chi connectivity index (χ0v) is 10.1. The lowest BCUT2D eigenvalue weighted by atomic mass is 10.2. The molecular formula is C10H17FN2O4. The van der Waals surface area contributed by atoms with Crippen molar-refractivity contribution in [3.05, 3.63) is 0 Å². The van der Waals surface area contributed by atoms with Gasteiger partial charge in [0.25, 0.3) is 0 Å². The van der Waals surface area contributed by atoms with Gasteiger partial charge in [-0.2, -0.15) is 5.90 Å². The second kappa shape index (κ2) is 4.87. The number of nitrogens with two attached hydrogens (primary N) is 1. The second-order valence-corrected chi connectivity index (χ2v) is 4.92. The third kappa shape index (κ3) is 3.55. The van der Waals surface area contributed by atoms with E-state index in [1.807, 2.05) is 0 Å². The molecule has 1 saturated heterocycles. The molecule has 17 heavy (non-hydrogen) atoms. The van der Waals surface area contributed by atoms with E-state index in [4.69, 9.17) is 10.6 Å². The van der Waals surface area contributed by atoms with Gasteiger partial charge in [-0.05, 0) is 20.8 Å². The van der Waals surface area contributed by atoms with E-state index in [0.29, 0.717) is 0 Å². The summed E-state index contributed by atoms with van der Waals surface area (Å²) < 4.78 is 18.3. The van der Waals surface area contributed by atoms with Crippen LogP contribution in [0.25, 0.3) is 0 Å². The third-order valence-corrected chi connectivity index (χ3v) is 2.27. The predicted octanol–water partition coefficient (Wildman–Crippen LogP) is 0.751. The Kier molecular flexibility index (Phi) is 3.92. The SMILES string of the molecule is CC(C)(C)OC(=O)N1C[C@@H](F)C[C@H]1C(=O)ON. The molecule has 1 aliphatic heterocycles. The molecule has 0 aliphatic carbocycles. The molecule has 6 nitrogen and oxygen atoms in total. The minimum absolute atomic E-state index is 0.116. The highest BCUT2D eigenvalue weighted by molar-refractivity contribution is 5.82. The topological polar surface area (TPSA) is 81.9 Å². The third-order valence-electron chi connectivity index (χ3n) is 2.27. The predicted molar refractivity (Wildman–Crippen MR) is 56.5 cm³/mol. The van der Waals surface area contributed by atoms with E-state index in [2.05, 4.69) is 4.84 Å². The maximum absolute atomic E-state index is 13.2. The highest BCUT2D eigenvalue weighted by Crippen LogP contribution is 2.23. The average Bonchev–Trinajstić information content (AvgIpc) is 2.56. The van der Waals surface area contributed by atoms with Crippen LogP contribution in [0.3, 0.4) is 0 Å². The van der Waals surface area contributed by atoms with Crippen molar-refractivity contribution in [2.75, 3.05) is 6.54 Å². The van der Waals surface area contributed by atoms with Crippen LogP contribution in [0.2, 0.25) is 0 Å². The van der Waals surface area contributed by atoms with Gasteiger partial charge in [0.1, 0.15) is 17.8 Å². The van der Waals surface area contributed by atoms with Crippen molar-refractivity contribution in [3.8, 4) is 0 Å². The van der Waals surface area contributed by atoms with Crippen LogP contribution in [0.4, 0.5) is 9.18 Å². The fourth-order valence-corrected chi connectivity index (χ4v) is 1.61. The van der Waals surface area contributed by atoms with Crippen LogP contribution in [0.15, 0.2) is 0 Å². The molecule has 1 heterocycles. The number of nitrogens with zero attached hydrogens (tertiary/aromatic N) is 1. The monoisotopic (exact) mass is 248 g/mol. The Morgan fingerprint density at radius 1 is 1.41 bits per heavy atom. The van der Waals surface area contributed by atoms with Gasteiger partial charge in [0.15, 0.2) is 0 Å². The van der Waals surface area contributed by atoms with Gasteiger partial charge in [0.05, 0.1) is 6.54 Å². The van der Waals surface area contributed by atoms with E-state index in [1.54, 1.807) is 20.8 Å². The van der Waals surface area contributed by atoms with E-state index in [1.165, 1.54) is 0 Å². The van der Waals surface area contributed by atoms with Crippen molar-refractivity contribution < 1.29 is 23.6 Å². The summed E-state index contributed by atoms with van der Waals surface area (Å²) in [6.45, 7) is 4.87. The largest absolute Gasteiger partial charge is 0.444 e. The van der Waals surface area contributed by atoms with Crippen LogP contribution >= 0.6 is 0 Å². The molecule has 1 amide bonds. The van der Waals surface area contributed by atoms with Crippen molar-refractivity contribution in [2.24, 2.45) is 5.90 Å². The Labute approximate surface area is 98.8 Å². The first kappa shape index (κ1) is 13.7. The lowest BCUT2D eigenvalue weighted by Gasteiger charge is -2.26. The molecule has 2 N–H and O–H groups in total. The summed E-state index contributed by atoms with van der Waals surface area (Å²) in [5.74, 6) is 3.90. The second-order valence-electron chi connectivity index (χ2n) is 4.92. The standard InChI is InChI=1S/C10H17FN2O4/c1-10(2,3)16-9(15)13-5-6(11)4-7(13)8(14)17-12/h6-7H,4-5,12H2,1-3H3/t6-,7-/m0/s1. The van der Waals surface area contributed by atoms with Crippen molar-refractivity contribution in [2.45, 2.75) is 45.0 Å². The van der Waals surface area contributed by atoms with Crippen LogP contribution in [-0.2, 0) is 14.4 Å². The molecule has 0 aromatic carbocycles. The number of likely N-dealkylation sites (tertiary alicyclic amines) is 1. The number of halogens is 1. The molecule has 0 unspecified atom stereocenters. The van der Waals surface area contributed by atoms with Crippen molar-refractivity contribution in [1.82, 2.24) is 4.90 Å². The highest BCUT2D eigenvalue weighted by Gasteiger charge is 2.42. The molecule has 0 radical (unpaired) electrons. The number of alkyl halides is 1. The summed E-state index contributed by atoms with van der Waals surface area (Å²) in [7, 11) is 0. The minimum atomic E-state index is -1.27. The number of carbonyl (C=O) groups excluding carboxylic acids is 2. The Morgan fingerprint density at radius 2 is 2.00 bits per heavy atom. The van der Waals surface area contributed by atoms with Crippen molar-refractivity contribution >= 4 is 12.1 Å². The van der Waals surface area contributed by atoms with E-state index in [9.17, 15) is 14.0 Å². The molecule has 1 aliphatic rings. The highest BCUT2D eigenvalue weighted by atomic mass is 19.1. The van der Waals surface area contributed by atoms with Crippen molar-refractivity contribution in [3.63, 3.8) is 0 Å². The smallest absolute Gasteiger partial charge is 0.411 e. The van der Waals surface area contributed by atoms with E-state index >= 15 is 0 Å². The lowest BCUT2D eigenvalue weighted by Crippen LogP contribution is -2.44. The Balaban J connectivity index is 2.73. The van der Waals surface area contributed by atoms with E-state index in [0.717, 1.165) is 4.90 Å². The number of ether oxygens (including phenoxy) is 1. The number of carbonyl (C=O) groups is 2. The van der Waals surface area contributed by atoms with E-state index in [-0.39, 0.29) is 13.0 Å². The van der Waals surface area contributed by atoms with Gasteiger partial charge in [0, 0.05) is 6.42 Å². The maximum Gasteiger partial charge on any atom is 0.411 e. The Bertz CT molecular complexity index is 316. The van der Waals surface area contributed by atoms with Crippen LogP contribution in [0.1, 0.15) is 27.2 Å². The van der Waals surface area contributed by atoms with Gasteiger partial charge in [-0.3, -0.25) is 4.90 Å². The Morgan fingerprint density at radius 3 is 2.47 bits per heavy atom. The summed E-state index contributed by atoms with van der Waals surface area (Å²) in [4.78, 5) is 28.0. The maximum atomic E-state index is 13.2. The summed E-state index contributed by atoms with van der Waals surface area (Å²) in [5.41, 5.74) is -0.706. The van der Waals surface area contributed by atoms with Crippen LogP contribution in [0, 0.1) is 0 Å². The summed E-state index contributed by atoms with van der Waals surface area (Å²) in [5, 5.41) is 0. The first-order chi connectivity index (χ1) is 7.74. The van der Waals surface area contributed by atoms with Crippen molar-refractivity contribution in [1.29, 1.82) is 0 Å². The van der Waals surface area contributed by atoms with Gasteiger partial charge < -0.3 is 9.57 Å². The number of hydrogen-bond acceptors (Lipinski definition) is 5. The summed E-state index contributed by atoms with van der Waals surface area (Å²) >= 11 is 0. The minimum Gasteiger partial charge on any atom is -0.444 e. The molecule has 0 bridgehead atoms. The fourth-order valence-electron chi connectivity index (χ4n) is 1.61. The van der Waals surface area contributed by atoms with Gasteiger partial charge in [0.2, 0.25) is 0 Å². The molecule has 98 valence electrons. The first-order valence-corrected chi connectivity index (χ1v) is 5.29. The molecular weight excluding hydrogens is 231 g/mol. The lowest BCUT2D eigenvalue weighted by molar-refractivity contribution is -0.149. The average molecular weight is 248 g/mol. The van der Waals surface area contributed by atoms with Crippen LogP contribution in [0.5, 0.6) is 0 Å². The number of amides is 1. The zero-order chi connectivity index (χ0) is 13.2. The summed E-state index contributed by atoms with van der Waals surface area (Å²) in [6.07, 6.45) is -2.13. The molecule has 0 aromatic rings. The van der Waals surface area contributed by atoms with E-state index < -0.39 is 29.9 Å². The van der Waals surface area contributed by atoms with Gasteiger partial charge in [-0.1, -0.05) is 0 Å². The zero-order valence-electron chi connectivity index (χ0n) is 10.1. The van der Waals surface area contributed by atoms with Crippen LogP contribution in [-0.4, -0.2) is 41.3 Å². The van der Waals surface area contributed by atoms with Gasteiger partial charge in [-0.15, -0.1) is 0 Å². The first-order valence-electron chi connectivity index (χ1n) is 5.29. The fraction of sp³-hybridized carbons (Fsp3) is 0.800. The number of hydrogen-bond donors (Lipinski definition) is 1. The normalized spacial score (nSPS) is 24.6. The van der Waals surface area contributed by atoms with Crippen LogP contribution < -0.4 is 5.90 Å². The molecule has 0 aromatic heterocycles. The Hall–Kier alpha value is -1.37. The van der Waals surface area contributed by atoms with Gasteiger partial charge >= 0.3 is 12.1 Å². The molecule has 1 fully saturated rings.